The fraction of sp³-hybridized carbons (Fsp3) is 0.917. The average Bonchev–Trinajstić information content (AvgIpc) is 2.97. The Morgan fingerprint density at radius 1 is 1.56 bits per heavy atom. The molecule has 0 radical (unpaired) electrons. The van der Waals surface area contributed by atoms with Crippen molar-refractivity contribution < 1.29 is 0 Å². The number of nitrogens with two attached hydrogens (primary N) is 1. The van der Waals surface area contributed by atoms with Gasteiger partial charge in [0.2, 0.25) is 0 Å². The number of rotatable bonds is 5. The Morgan fingerprint density at radius 3 is 2.88 bits per heavy atom. The van der Waals surface area contributed by atoms with E-state index in [0.717, 1.165) is 11.7 Å². The summed E-state index contributed by atoms with van der Waals surface area (Å²) in [6.45, 7) is 6.03. The number of thiocarbonyl (C=S) groups is 1. The molecule has 0 aromatic carbocycles. The second kappa shape index (κ2) is 5.23. The second-order valence-corrected chi connectivity index (χ2v) is 7.21. The normalized spacial score (nSPS) is 28.9. The molecule has 1 saturated heterocycles. The van der Waals surface area contributed by atoms with Crippen molar-refractivity contribution in [1.29, 1.82) is 0 Å². The summed E-state index contributed by atoms with van der Waals surface area (Å²) < 4.78 is 0. The fourth-order valence-corrected chi connectivity index (χ4v) is 4.14. The summed E-state index contributed by atoms with van der Waals surface area (Å²) in [5.74, 6) is 1.29. The molecule has 16 heavy (non-hydrogen) atoms. The number of hydrogen-bond donors (Lipinski definition) is 1. The first kappa shape index (κ1) is 12.7. The molecule has 2 nitrogen and oxygen atoms in total. The van der Waals surface area contributed by atoms with Gasteiger partial charge in [-0.15, -0.1) is 0 Å². The zero-order chi connectivity index (χ0) is 11.6. The van der Waals surface area contributed by atoms with Crippen molar-refractivity contribution in [3.05, 3.63) is 0 Å². The van der Waals surface area contributed by atoms with Crippen LogP contribution in [0.25, 0.3) is 0 Å². The highest BCUT2D eigenvalue weighted by atomic mass is 32.2. The largest absolute Gasteiger partial charge is 0.393 e. The minimum atomic E-state index is 0.464. The van der Waals surface area contributed by atoms with Crippen LogP contribution in [0.3, 0.4) is 0 Å². The third-order valence-electron chi connectivity index (χ3n) is 3.74. The topological polar surface area (TPSA) is 29.3 Å². The van der Waals surface area contributed by atoms with Crippen LogP contribution in [-0.4, -0.2) is 40.5 Å². The van der Waals surface area contributed by atoms with Gasteiger partial charge in [0.15, 0.2) is 0 Å². The van der Waals surface area contributed by atoms with Crippen LogP contribution in [-0.2, 0) is 0 Å². The lowest BCUT2D eigenvalue weighted by atomic mass is 10.0. The molecule has 92 valence electrons. The highest BCUT2D eigenvalue weighted by Gasteiger charge is 2.44. The average molecular weight is 258 g/mol. The molecule has 2 rings (SSSR count). The van der Waals surface area contributed by atoms with Gasteiger partial charge in [-0.1, -0.05) is 19.1 Å². The van der Waals surface area contributed by atoms with E-state index in [1.165, 1.54) is 44.6 Å². The van der Waals surface area contributed by atoms with Gasteiger partial charge in [0, 0.05) is 37.1 Å². The summed E-state index contributed by atoms with van der Waals surface area (Å²) in [4.78, 5) is 3.34. The summed E-state index contributed by atoms with van der Waals surface area (Å²) in [6, 6.07) is 0. The Bertz CT molecular complexity index is 264. The zero-order valence-corrected chi connectivity index (χ0v) is 11.7. The monoisotopic (exact) mass is 258 g/mol. The van der Waals surface area contributed by atoms with Gasteiger partial charge in [-0.25, -0.2) is 0 Å². The predicted octanol–water partition coefficient (Wildman–Crippen LogP) is 2.27. The molecule has 2 fully saturated rings. The van der Waals surface area contributed by atoms with E-state index in [1.807, 2.05) is 0 Å². The highest BCUT2D eigenvalue weighted by Crippen LogP contribution is 2.49. The SMILES string of the molecule is CCC1CN(CC2(CC(N)=S)CC2)CCS1. The molecule has 1 heterocycles. The number of thioether (sulfide) groups is 1. The second-order valence-electron chi connectivity index (χ2n) is 5.28. The van der Waals surface area contributed by atoms with Gasteiger partial charge in [-0.05, 0) is 24.7 Å². The third-order valence-corrected chi connectivity index (χ3v) is 5.26. The maximum Gasteiger partial charge on any atom is 0.0733 e. The summed E-state index contributed by atoms with van der Waals surface area (Å²) in [5, 5.41) is 0.842. The van der Waals surface area contributed by atoms with Crippen LogP contribution in [0.15, 0.2) is 0 Å². The maximum absolute atomic E-state index is 5.69. The van der Waals surface area contributed by atoms with Gasteiger partial charge in [0.1, 0.15) is 0 Å². The minimum Gasteiger partial charge on any atom is -0.393 e. The Morgan fingerprint density at radius 2 is 2.31 bits per heavy atom. The highest BCUT2D eigenvalue weighted by molar-refractivity contribution is 8.00. The van der Waals surface area contributed by atoms with E-state index >= 15 is 0 Å². The molecule has 4 heteroatoms. The van der Waals surface area contributed by atoms with Crippen molar-refractivity contribution in [3.63, 3.8) is 0 Å². The molecule has 0 amide bonds. The lowest BCUT2D eigenvalue weighted by molar-refractivity contribution is 0.228. The van der Waals surface area contributed by atoms with E-state index in [4.69, 9.17) is 18.0 Å². The van der Waals surface area contributed by atoms with E-state index in [-0.39, 0.29) is 0 Å². The first-order valence-electron chi connectivity index (χ1n) is 6.26. The van der Waals surface area contributed by atoms with Crippen LogP contribution in [0, 0.1) is 5.41 Å². The standard InChI is InChI=1S/C12H22N2S2/c1-2-10-8-14(5-6-16-10)9-12(3-4-12)7-11(13)15/h10H,2-9H2,1H3,(H2,13,15). The third kappa shape index (κ3) is 3.34. The van der Waals surface area contributed by atoms with Gasteiger partial charge in [-0.3, -0.25) is 0 Å². The van der Waals surface area contributed by atoms with Crippen molar-refractivity contribution >= 4 is 29.0 Å². The van der Waals surface area contributed by atoms with Crippen LogP contribution < -0.4 is 5.73 Å². The van der Waals surface area contributed by atoms with Gasteiger partial charge in [-0.2, -0.15) is 11.8 Å². The van der Waals surface area contributed by atoms with Crippen molar-refractivity contribution in [1.82, 2.24) is 4.90 Å². The van der Waals surface area contributed by atoms with Crippen molar-refractivity contribution in [2.45, 2.75) is 37.9 Å². The maximum atomic E-state index is 5.69. The smallest absolute Gasteiger partial charge is 0.0733 e. The van der Waals surface area contributed by atoms with Crippen LogP contribution in [0.1, 0.15) is 32.6 Å². The Kier molecular flexibility index (Phi) is 4.14. The molecule has 1 aliphatic carbocycles. The van der Waals surface area contributed by atoms with Crippen LogP contribution in [0.5, 0.6) is 0 Å². The van der Waals surface area contributed by atoms with E-state index < -0.39 is 0 Å². The van der Waals surface area contributed by atoms with Crippen molar-refractivity contribution in [3.8, 4) is 0 Å². The molecule has 1 atom stereocenters. The number of nitrogens with zero attached hydrogens (tertiary/aromatic N) is 1. The summed E-state index contributed by atoms with van der Waals surface area (Å²) in [6.07, 6.45) is 4.90. The Labute approximate surface area is 108 Å². The summed E-state index contributed by atoms with van der Waals surface area (Å²) >= 11 is 7.19. The molecular weight excluding hydrogens is 236 g/mol. The number of hydrogen-bond acceptors (Lipinski definition) is 3. The van der Waals surface area contributed by atoms with Gasteiger partial charge >= 0.3 is 0 Å². The molecule has 2 N–H and O–H groups in total. The van der Waals surface area contributed by atoms with E-state index in [2.05, 4.69) is 23.6 Å². The lowest BCUT2D eigenvalue weighted by Crippen LogP contribution is -2.41. The quantitative estimate of drug-likeness (QED) is 0.766. The van der Waals surface area contributed by atoms with E-state index in [9.17, 15) is 0 Å². The van der Waals surface area contributed by atoms with E-state index in [1.54, 1.807) is 0 Å². The first-order valence-corrected chi connectivity index (χ1v) is 7.71. The Hall–Kier alpha value is 0.200. The minimum absolute atomic E-state index is 0.464. The van der Waals surface area contributed by atoms with E-state index in [0.29, 0.717) is 10.4 Å². The molecule has 1 aliphatic heterocycles. The van der Waals surface area contributed by atoms with Crippen LogP contribution >= 0.6 is 24.0 Å². The lowest BCUT2D eigenvalue weighted by Gasteiger charge is -2.34. The molecule has 0 bridgehead atoms. The van der Waals surface area contributed by atoms with Crippen molar-refractivity contribution in [2.75, 3.05) is 25.4 Å². The summed E-state index contributed by atoms with van der Waals surface area (Å²) in [5.41, 5.74) is 6.15. The van der Waals surface area contributed by atoms with Crippen LogP contribution in [0.2, 0.25) is 0 Å². The fourth-order valence-electron chi connectivity index (χ4n) is 2.58. The molecular formula is C12H22N2S2. The van der Waals surface area contributed by atoms with Gasteiger partial charge in [0.05, 0.1) is 4.99 Å². The molecule has 2 aliphatic rings. The Balaban J connectivity index is 1.82. The van der Waals surface area contributed by atoms with Gasteiger partial charge < -0.3 is 10.6 Å². The summed E-state index contributed by atoms with van der Waals surface area (Å²) in [7, 11) is 0. The molecule has 1 saturated carbocycles. The molecule has 1 unspecified atom stereocenters. The predicted molar refractivity (Wildman–Crippen MR) is 76.0 cm³/mol. The molecule has 0 spiro atoms. The first-order chi connectivity index (χ1) is 7.63. The molecule has 0 aromatic rings. The molecule has 0 aromatic heterocycles. The van der Waals surface area contributed by atoms with Gasteiger partial charge in [0.25, 0.3) is 0 Å². The van der Waals surface area contributed by atoms with Crippen LogP contribution in [0.4, 0.5) is 0 Å². The van der Waals surface area contributed by atoms with Crippen molar-refractivity contribution in [2.24, 2.45) is 11.1 Å². The zero-order valence-electron chi connectivity index (χ0n) is 10.1.